The number of piperidine rings is 1. The van der Waals surface area contributed by atoms with Gasteiger partial charge in [-0.25, -0.2) is 0 Å². The largest absolute Gasteiger partial charge is 0.416 e. The van der Waals surface area contributed by atoms with E-state index in [0.717, 1.165) is 23.9 Å². The van der Waals surface area contributed by atoms with Crippen LogP contribution in [-0.2, 0) is 17.5 Å². The molecular formula is C24H21F3N2O3S2. The van der Waals surface area contributed by atoms with Gasteiger partial charge in [0.25, 0.3) is 11.8 Å². The molecule has 5 nitrogen and oxygen atoms in total. The first-order valence-electron chi connectivity index (χ1n) is 10.6. The van der Waals surface area contributed by atoms with Crippen molar-refractivity contribution in [3.05, 3.63) is 75.7 Å². The van der Waals surface area contributed by atoms with Crippen LogP contribution < -0.4 is 0 Å². The van der Waals surface area contributed by atoms with E-state index in [9.17, 15) is 27.9 Å². The molecule has 2 aliphatic rings. The molecule has 0 bridgehead atoms. The smallest absolute Gasteiger partial charge is 0.393 e. The Morgan fingerprint density at radius 2 is 1.82 bits per heavy atom. The lowest BCUT2D eigenvalue weighted by Crippen LogP contribution is -2.40. The molecule has 178 valence electrons. The third kappa shape index (κ3) is 5.51. The summed E-state index contributed by atoms with van der Waals surface area (Å²) in [5.74, 6) is -0.481. The first-order chi connectivity index (χ1) is 16.1. The Bertz CT molecular complexity index is 1140. The molecule has 2 fully saturated rings. The van der Waals surface area contributed by atoms with Crippen LogP contribution in [-0.4, -0.2) is 50.2 Å². The number of hydrogen-bond acceptors (Lipinski definition) is 5. The number of thiocarbonyl (C=S) groups is 1. The average Bonchev–Trinajstić information content (AvgIpc) is 3.06. The summed E-state index contributed by atoms with van der Waals surface area (Å²) in [5, 5.41) is 9.61. The van der Waals surface area contributed by atoms with Crippen molar-refractivity contribution < 1.29 is 27.9 Å². The van der Waals surface area contributed by atoms with Crippen LogP contribution in [0.3, 0.4) is 0 Å². The standard InChI is InChI=1S/C24H21F3N2O3S2/c25-24(26,27)18-3-1-2-16(12-18)14-29-22(32)20(34-23(29)33)13-15-4-6-17(7-5-15)21(31)28-10-8-19(30)9-11-28/h1-7,12-13,19,30H,8-11,14H2/b20-13-. The van der Waals surface area contributed by atoms with E-state index >= 15 is 0 Å². The zero-order valence-electron chi connectivity index (χ0n) is 17.9. The van der Waals surface area contributed by atoms with Crippen molar-refractivity contribution in [2.75, 3.05) is 13.1 Å². The van der Waals surface area contributed by atoms with Gasteiger partial charge in [0.2, 0.25) is 0 Å². The molecule has 2 aromatic rings. The highest BCUT2D eigenvalue weighted by Crippen LogP contribution is 2.35. The number of amides is 2. The van der Waals surface area contributed by atoms with Gasteiger partial charge in [-0.2, -0.15) is 13.2 Å². The number of aliphatic hydroxyl groups excluding tert-OH is 1. The fraction of sp³-hybridized carbons (Fsp3) is 0.292. The predicted octanol–water partition coefficient (Wildman–Crippen LogP) is 4.70. The topological polar surface area (TPSA) is 60.9 Å². The molecule has 0 aliphatic carbocycles. The zero-order valence-corrected chi connectivity index (χ0v) is 19.6. The molecule has 0 aromatic heterocycles. The maximum Gasteiger partial charge on any atom is 0.416 e. The van der Waals surface area contributed by atoms with Crippen LogP contribution >= 0.6 is 24.0 Å². The van der Waals surface area contributed by atoms with Crippen LogP contribution in [0.4, 0.5) is 13.2 Å². The lowest BCUT2D eigenvalue weighted by atomic mass is 10.1. The van der Waals surface area contributed by atoms with Gasteiger partial charge in [0.1, 0.15) is 4.32 Å². The fourth-order valence-corrected chi connectivity index (χ4v) is 5.04. The van der Waals surface area contributed by atoms with Crippen LogP contribution in [0.2, 0.25) is 0 Å². The molecule has 2 heterocycles. The van der Waals surface area contributed by atoms with Crippen molar-refractivity contribution in [2.45, 2.75) is 31.7 Å². The maximum absolute atomic E-state index is 13.0. The molecule has 0 radical (unpaired) electrons. The molecule has 0 spiro atoms. The average molecular weight is 507 g/mol. The fourth-order valence-electron chi connectivity index (χ4n) is 3.79. The second-order valence-electron chi connectivity index (χ2n) is 8.11. The van der Waals surface area contributed by atoms with Gasteiger partial charge in [0.15, 0.2) is 0 Å². The van der Waals surface area contributed by atoms with Crippen LogP contribution in [0.5, 0.6) is 0 Å². The van der Waals surface area contributed by atoms with Crippen molar-refractivity contribution in [1.29, 1.82) is 0 Å². The minimum Gasteiger partial charge on any atom is -0.393 e. The van der Waals surface area contributed by atoms with Crippen LogP contribution in [0.15, 0.2) is 53.4 Å². The molecule has 10 heteroatoms. The quantitative estimate of drug-likeness (QED) is 0.481. The molecule has 2 amide bonds. The monoisotopic (exact) mass is 506 g/mol. The Morgan fingerprint density at radius 1 is 1.15 bits per heavy atom. The summed E-state index contributed by atoms with van der Waals surface area (Å²) in [6, 6.07) is 11.6. The maximum atomic E-state index is 13.0. The van der Waals surface area contributed by atoms with Gasteiger partial charge in [-0.15, -0.1) is 0 Å². The number of halogens is 3. The number of thioether (sulfide) groups is 1. The third-order valence-corrected chi connectivity index (χ3v) is 7.05. The van der Waals surface area contributed by atoms with Crippen molar-refractivity contribution in [3.63, 3.8) is 0 Å². The van der Waals surface area contributed by atoms with Gasteiger partial charge in [0.05, 0.1) is 23.1 Å². The normalized spacial score (nSPS) is 18.8. The van der Waals surface area contributed by atoms with Crippen molar-refractivity contribution >= 4 is 46.2 Å². The van der Waals surface area contributed by atoms with E-state index in [4.69, 9.17) is 12.2 Å². The number of benzene rings is 2. The number of likely N-dealkylation sites (tertiary alicyclic amines) is 1. The van der Waals surface area contributed by atoms with E-state index < -0.39 is 11.7 Å². The molecule has 2 saturated heterocycles. The molecule has 2 aromatic carbocycles. The van der Waals surface area contributed by atoms with E-state index in [1.165, 1.54) is 17.0 Å². The van der Waals surface area contributed by atoms with E-state index in [1.54, 1.807) is 35.2 Å². The lowest BCUT2D eigenvalue weighted by molar-refractivity contribution is -0.137. The Hall–Kier alpha value is -2.69. The van der Waals surface area contributed by atoms with Gasteiger partial charge >= 0.3 is 6.18 Å². The highest BCUT2D eigenvalue weighted by molar-refractivity contribution is 8.26. The number of aliphatic hydroxyl groups is 1. The Labute approximate surface area is 204 Å². The minimum absolute atomic E-state index is 0.0517. The number of carbonyl (C=O) groups excluding carboxylic acids is 2. The molecule has 0 atom stereocenters. The number of carbonyl (C=O) groups is 2. The van der Waals surface area contributed by atoms with Gasteiger partial charge in [-0.05, 0) is 54.3 Å². The number of hydrogen-bond donors (Lipinski definition) is 1. The molecule has 2 aliphatic heterocycles. The third-order valence-electron chi connectivity index (χ3n) is 5.68. The lowest BCUT2D eigenvalue weighted by Gasteiger charge is -2.29. The molecule has 34 heavy (non-hydrogen) atoms. The van der Waals surface area contributed by atoms with E-state index in [2.05, 4.69) is 0 Å². The number of rotatable bonds is 4. The highest BCUT2D eigenvalue weighted by Gasteiger charge is 2.34. The van der Waals surface area contributed by atoms with Crippen molar-refractivity contribution in [1.82, 2.24) is 9.80 Å². The summed E-state index contributed by atoms with van der Waals surface area (Å²) in [5.41, 5.74) is 0.776. The van der Waals surface area contributed by atoms with Gasteiger partial charge < -0.3 is 10.0 Å². The van der Waals surface area contributed by atoms with E-state index in [0.29, 0.717) is 47.5 Å². The Kier molecular flexibility index (Phi) is 7.11. The molecule has 1 N–H and O–H groups in total. The van der Waals surface area contributed by atoms with Crippen LogP contribution in [0.1, 0.15) is 39.9 Å². The molecule has 4 rings (SSSR count). The summed E-state index contributed by atoms with van der Waals surface area (Å²) < 4.78 is 39.2. The number of alkyl halides is 3. The minimum atomic E-state index is -4.46. The van der Waals surface area contributed by atoms with Crippen molar-refractivity contribution in [2.24, 2.45) is 0 Å². The molecule has 0 saturated carbocycles. The highest BCUT2D eigenvalue weighted by atomic mass is 32.2. The molecular weight excluding hydrogens is 485 g/mol. The first-order valence-corrected chi connectivity index (χ1v) is 11.8. The van der Waals surface area contributed by atoms with Crippen LogP contribution in [0, 0.1) is 0 Å². The summed E-state index contributed by atoms with van der Waals surface area (Å²) in [6.45, 7) is 0.968. The van der Waals surface area contributed by atoms with Crippen molar-refractivity contribution in [3.8, 4) is 0 Å². The van der Waals surface area contributed by atoms with Crippen LogP contribution in [0.25, 0.3) is 6.08 Å². The Balaban J connectivity index is 1.44. The zero-order chi connectivity index (χ0) is 24.5. The van der Waals surface area contributed by atoms with Gasteiger partial charge in [-0.3, -0.25) is 14.5 Å². The van der Waals surface area contributed by atoms with E-state index in [1.807, 2.05) is 0 Å². The van der Waals surface area contributed by atoms with Gasteiger partial charge in [0, 0.05) is 18.7 Å². The molecule has 0 unspecified atom stereocenters. The SMILES string of the molecule is O=C(c1ccc(/C=C2\SC(=S)N(Cc3cccc(C(F)(F)F)c3)C2=O)cc1)N1CCC(O)CC1. The Morgan fingerprint density at radius 3 is 2.47 bits per heavy atom. The van der Waals surface area contributed by atoms with Gasteiger partial charge in [-0.1, -0.05) is 48.2 Å². The summed E-state index contributed by atoms with van der Waals surface area (Å²) in [7, 11) is 0. The van der Waals surface area contributed by atoms with E-state index in [-0.39, 0.29) is 28.8 Å². The number of nitrogens with zero attached hydrogens (tertiary/aromatic N) is 2. The second kappa shape index (κ2) is 9.89. The summed E-state index contributed by atoms with van der Waals surface area (Å²) >= 11 is 6.38. The summed E-state index contributed by atoms with van der Waals surface area (Å²) in [6.07, 6.45) is -2.05. The summed E-state index contributed by atoms with van der Waals surface area (Å²) in [4.78, 5) is 28.8. The predicted molar refractivity (Wildman–Crippen MR) is 128 cm³/mol. The second-order valence-corrected chi connectivity index (χ2v) is 9.79. The first kappa shape index (κ1) is 24.4.